The molecule has 2 N–H and O–H groups in total. The van der Waals surface area contributed by atoms with E-state index in [0.717, 1.165) is 38.2 Å². The third-order valence-corrected chi connectivity index (χ3v) is 4.86. The summed E-state index contributed by atoms with van der Waals surface area (Å²) in [4.78, 5) is 6.86. The van der Waals surface area contributed by atoms with Gasteiger partial charge in [0, 0.05) is 59.4 Å². The van der Waals surface area contributed by atoms with E-state index in [-0.39, 0.29) is 0 Å². The molecule has 6 nitrogen and oxygen atoms in total. The zero-order chi connectivity index (χ0) is 16.5. The Morgan fingerprint density at radius 2 is 1.87 bits per heavy atom. The predicted molar refractivity (Wildman–Crippen MR) is 91.8 cm³/mol. The number of aliphatic hydroxyl groups is 1. The van der Waals surface area contributed by atoms with Crippen molar-refractivity contribution in [2.45, 2.75) is 44.6 Å². The first kappa shape index (κ1) is 18.5. The van der Waals surface area contributed by atoms with Gasteiger partial charge in [-0.1, -0.05) is 0 Å². The van der Waals surface area contributed by atoms with E-state index in [9.17, 15) is 5.11 Å². The molecule has 2 fully saturated rings. The van der Waals surface area contributed by atoms with Gasteiger partial charge in [-0.15, -0.1) is 0 Å². The zero-order valence-electron chi connectivity index (χ0n) is 14.7. The van der Waals surface area contributed by atoms with Crippen molar-refractivity contribution in [2.24, 2.45) is 10.9 Å². The minimum Gasteiger partial charge on any atom is -0.388 e. The first-order valence-electron chi connectivity index (χ1n) is 9.00. The first-order valence-corrected chi connectivity index (χ1v) is 9.00. The highest BCUT2D eigenvalue weighted by Crippen LogP contribution is 2.21. The summed E-state index contributed by atoms with van der Waals surface area (Å²) in [5, 5.41) is 13.9. The lowest BCUT2D eigenvalue weighted by Crippen LogP contribution is -2.43. The second-order valence-electron chi connectivity index (χ2n) is 6.77. The lowest BCUT2D eigenvalue weighted by Gasteiger charge is -2.31. The number of aliphatic imine (C=N–C) groups is 1. The molecule has 2 heterocycles. The third-order valence-electron chi connectivity index (χ3n) is 4.86. The highest BCUT2D eigenvalue weighted by Gasteiger charge is 2.29. The molecule has 0 aliphatic carbocycles. The van der Waals surface area contributed by atoms with Crippen LogP contribution in [0.3, 0.4) is 0 Å². The molecule has 2 aliphatic heterocycles. The Hall–Kier alpha value is -0.850. The number of hydrogen-bond acceptors (Lipinski definition) is 4. The molecule has 0 bridgehead atoms. The maximum atomic E-state index is 10.6. The Labute approximate surface area is 140 Å². The maximum Gasteiger partial charge on any atom is 0.193 e. The molecule has 23 heavy (non-hydrogen) atoms. The summed E-state index contributed by atoms with van der Waals surface area (Å²) in [6.07, 6.45) is 4.84. The van der Waals surface area contributed by atoms with Crippen LogP contribution in [-0.4, -0.2) is 74.7 Å². The number of hydrogen-bond donors (Lipinski definition) is 2. The van der Waals surface area contributed by atoms with Gasteiger partial charge >= 0.3 is 0 Å². The lowest BCUT2D eigenvalue weighted by atomic mass is 9.95. The molecular formula is C17H33N3O3. The second kappa shape index (κ2) is 9.45. The molecule has 2 rings (SSSR count). The van der Waals surface area contributed by atoms with Crippen molar-refractivity contribution < 1.29 is 14.6 Å². The number of ether oxygens (including phenoxy) is 2. The molecule has 0 aromatic rings. The van der Waals surface area contributed by atoms with E-state index in [1.165, 1.54) is 19.3 Å². The summed E-state index contributed by atoms with van der Waals surface area (Å²) in [7, 11) is 2.08. The van der Waals surface area contributed by atoms with Crippen LogP contribution in [0.15, 0.2) is 4.99 Å². The molecule has 2 aliphatic rings. The largest absolute Gasteiger partial charge is 0.388 e. The number of nitrogens with one attached hydrogen (secondary N) is 1. The van der Waals surface area contributed by atoms with Crippen molar-refractivity contribution in [1.29, 1.82) is 0 Å². The van der Waals surface area contributed by atoms with Gasteiger partial charge in [-0.2, -0.15) is 0 Å². The predicted octanol–water partition coefficient (Wildman–Crippen LogP) is 1.24. The van der Waals surface area contributed by atoms with Crippen LogP contribution in [0.1, 0.15) is 39.0 Å². The fraction of sp³-hybridized carbons (Fsp3) is 0.941. The van der Waals surface area contributed by atoms with Gasteiger partial charge in [-0.25, -0.2) is 0 Å². The van der Waals surface area contributed by atoms with E-state index in [1.54, 1.807) is 0 Å². The van der Waals surface area contributed by atoms with Gasteiger partial charge < -0.3 is 24.8 Å². The van der Waals surface area contributed by atoms with E-state index < -0.39 is 5.60 Å². The second-order valence-corrected chi connectivity index (χ2v) is 6.77. The summed E-state index contributed by atoms with van der Waals surface area (Å²) in [5.74, 6) is 1.65. The fourth-order valence-corrected chi connectivity index (χ4v) is 3.12. The molecule has 0 saturated carbocycles. The van der Waals surface area contributed by atoms with Gasteiger partial charge in [0.1, 0.15) is 0 Å². The number of guanidine groups is 1. The molecule has 2 saturated heterocycles. The molecule has 134 valence electrons. The van der Waals surface area contributed by atoms with Gasteiger partial charge in [0.2, 0.25) is 0 Å². The number of rotatable bonds is 6. The maximum absolute atomic E-state index is 10.6. The van der Waals surface area contributed by atoms with E-state index in [1.807, 2.05) is 0 Å². The monoisotopic (exact) mass is 327 g/mol. The summed E-state index contributed by atoms with van der Waals surface area (Å²) in [6.45, 7) is 7.39. The van der Waals surface area contributed by atoms with Crippen molar-refractivity contribution in [3.05, 3.63) is 0 Å². The van der Waals surface area contributed by atoms with Crippen molar-refractivity contribution in [3.8, 4) is 0 Å². The lowest BCUT2D eigenvalue weighted by molar-refractivity contribution is -0.0566. The van der Waals surface area contributed by atoms with Crippen molar-refractivity contribution in [2.75, 3.05) is 53.1 Å². The fourth-order valence-electron chi connectivity index (χ4n) is 3.12. The molecule has 0 amide bonds. The normalized spacial score (nSPS) is 22.8. The topological polar surface area (TPSA) is 66.3 Å². The average Bonchev–Trinajstić information content (AvgIpc) is 2.58. The molecular weight excluding hydrogens is 294 g/mol. The first-order chi connectivity index (χ1) is 11.1. The Bertz CT molecular complexity index is 364. The average molecular weight is 327 g/mol. The SMILES string of the molecule is CCNC(=NCC1(O)CCOCC1)N(C)CCC1CCOCC1. The van der Waals surface area contributed by atoms with E-state index in [4.69, 9.17) is 9.47 Å². The highest BCUT2D eigenvalue weighted by molar-refractivity contribution is 5.79. The Morgan fingerprint density at radius 1 is 1.22 bits per heavy atom. The third kappa shape index (κ3) is 6.28. The Morgan fingerprint density at radius 3 is 2.52 bits per heavy atom. The van der Waals surface area contributed by atoms with Gasteiger partial charge in [-0.05, 0) is 32.1 Å². The Balaban J connectivity index is 1.83. The summed E-state index contributed by atoms with van der Waals surface area (Å²) >= 11 is 0. The highest BCUT2D eigenvalue weighted by atomic mass is 16.5. The molecule has 6 heteroatoms. The van der Waals surface area contributed by atoms with Crippen molar-refractivity contribution in [1.82, 2.24) is 10.2 Å². The van der Waals surface area contributed by atoms with Crippen LogP contribution < -0.4 is 5.32 Å². The molecule has 0 aromatic heterocycles. The summed E-state index contributed by atoms with van der Waals surface area (Å²) < 4.78 is 10.7. The van der Waals surface area contributed by atoms with Gasteiger partial charge in [-0.3, -0.25) is 4.99 Å². The molecule has 0 unspecified atom stereocenters. The van der Waals surface area contributed by atoms with Crippen LogP contribution >= 0.6 is 0 Å². The van der Waals surface area contributed by atoms with Crippen LogP contribution in [0.2, 0.25) is 0 Å². The smallest absolute Gasteiger partial charge is 0.193 e. The quantitative estimate of drug-likeness (QED) is 0.568. The summed E-state index contributed by atoms with van der Waals surface area (Å²) in [5.41, 5.74) is -0.708. The molecule has 0 spiro atoms. The van der Waals surface area contributed by atoms with Crippen LogP contribution in [0, 0.1) is 5.92 Å². The van der Waals surface area contributed by atoms with Crippen LogP contribution in [0.5, 0.6) is 0 Å². The molecule has 0 atom stereocenters. The van der Waals surface area contributed by atoms with E-state index >= 15 is 0 Å². The number of nitrogens with zero attached hydrogens (tertiary/aromatic N) is 2. The molecule has 0 aromatic carbocycles. The zero-order valence-corrected chi connectivity index (χ0v) is 14.7. The van der Waals surface area contributed by atoms with Crippen molar-refractivity contribution in [3.63, 3.8) is 0 Å². The van der Waals surface area contributed by atoms with Crippen LogP contribution in [-0.2, 0) is 9.47 Å². The van der Waals surface area contributed by atoms with Gasteiger partial charge in [0.25, 0.3) is 0 Å². The van der Waals surface area contributed by atoms with Gasteiger partial charge in [0.05, 0.1) is 12.1 Å². The minimum atomic E-state index is -0.708. The Kier molecular flexibility index (Phi) is 7.59. The van der Waals surface area contributed by atoms with E-state index in [2.05, 4.69) is 29.2 Å². The standard InChI is InChI=1S/C17H33N3O3/c1-3-18-16(19-14-17(21)7-12-23-13-8-17)20(2)9-4-15-5-10-22-11-6-15/h15,21H,3-14H2,1-2H3,(H,18,19). The molecule has 0 radical (unpaired) electrons. The van der Waals surface area contributed by atoms with E-state index in [0.29, 0.717) is 32.6 Å². The van der Waals surface area contributed by atoms with Crippen LogP contribution in [0.4, 0.5) is 0 Å². The summed E-state index contributed by atoms with van der Waals surface area (Å²) in [6, 6.07) is 0. The van der Waals surface area contributed by atoms with Crippen LogP contribution in [0.25, 0.3) is 0 Å². The van der Waals surface area contributed by atoms with Gasteiger partial charge in [0.15, 0.2) is 5.96 Å². The minimum absolute atomic E-state index is 0.445. The van der Waals surface area contributed by atoms with Crippen molar-refractivity contribution >= 4 is 5.96 Å².